The molecule has 0 aromatic heterocycles. The van der Waals surface area contributed by atoms with Crippen LogP contribution in [0.2, 0.25) is 0 Å². The third-order valence-corrected chi connectivity index (χ3v) is 18.2. The van der Waals surface area contributed by atoms with Crippen LogP contribution in [-0.4, -0.2) is 240 Å². The molecular weight excluding hydrogens is 1400 g/mol. The SMILES string of the molecule is COc1cc2c(cc1OCCCOc1cc3c(cc1OC)C(=O)N1C=C(c4ccc5c(c4)OCO5)C[C@H]1C=N3)N=C[C@@H]1CC(c3ccc(NC(=O)[C@H](C)NC(=O)C(NC(=O)CCOCCOCCOCCOCCOCCOCCOCCOCCNC(=O)CCCC4C(=O)C=CC4=O)C(C)C)cc3)=CN1C2=O. The van der Waals surface area contributed by atoms with Crippen molar-refractivity contribution in [2.45, 2.75) is 89.9 Å². The average molecular weight is 1500 g/mol. The van der Waals surface area contributed by atoms with Crippen LogP contribution in [0.3, 0.4) is 0 Å². The van der Waals surface area contributed by atoms with Crippen LogP contribution in [0.5, 0.6) is 34.5 Å². The van der Waals surface area contributed by atoms with Gasteiger partial charge in [0.25, 0.3) is 11.8 Å². The highest BCUT2D eigenvalue weighted by Gasteiger charge is 2.37. The van der Waals surface area contributed by atoms with Crippen LogP contribution in [-0.2, 0) is 66.7 Å². The molecule has 1 aliphatic carbocycles. The highest BCUT2D eigenvalue weighted by Crippen LogP contribution is 2.43. The number of nitrogens with zero attached hydrogens (tertiary/aromatic N) is 4. The van der Waals surface area contributed by atoms with Crippen molar-refractivity contribution in [1.29, 1.82) is 0 Å². The zero-order valence-electron chi connectivity index (χ0n) is 61.6. The second kappa shape index (κ2) is 41.4. The van der Waals surface area contributed by atoms with Gasteiger partial charge in [0.2, 0.25) is 30.4 Å². The number of hydrogen-bond donors (Lipinski definition) is 4. The van der Waals surface area contributed by atoms with Gasteiger partial charge in [-0.05, 0) is 96.5 Å². The molecule has 5 heterocycles. The highest BCUT2D eigenvalue weighted by molar-refractivity contribution is 6.18. The maximum atomic E-state index is 14.2. The van der Waals surface area contributed by atoms with Crippen LogP contribution in [0.1, 0.15) is 97.6 Å². The number of amides is 6. The summed E-state index contributed by atoms with van der Waals surface area (Å²) in [5.74, 6) is -0.334. The summed E-state index contributed by atoms with van der Waals surface area (Å²) in [6.45, 7) is 11.9. The fraction of sp³-hybridized carbons (Fsp3) is 0.487. The quantitative estimate of drug-likeness (QED) is 0.0257. The van der Waals surface area contributed by atoms with Crippen molar-refractivity contribution in [2.75, 3.05) is 152 Å². The molecule has 0 bridgehead atoms. The molecule has 4 aromatic carbocycles. The molecule has 1 unspecified atom stereocenters. The molecular formula is C78H96N8O22. The molecule has 30 heteroatoms. The van der Waals surface area contributed by atoms with Gasteiger partial charge >= 0.3 is 0 Å². The molecule has 0 saturated carbocycles. The summed E-state index contributed by atoms with van der Waals surface area (Å²) in [5, 5.41) is 11.1. The van der Waals surface area contributed by atoms with E-state index in [2.05, 4.69) is 21.3 Å². The monoisotopic (exact) mass is 1500 g/mol. The number of benzene rings is 4. The van der Waals surface area contributed by atoms with E-state index in [4.69, 9.17) is 76.3 Å². The molecule has 30 nitrogen and oxygen atoms in total. The Morgan fingerprint density at radius 2 is 0.991 bits per heavy atom. The Morgan fingerprint density at radius 1 is 0.509 bits per heavy atom. The molecule has 6 amide bonds. The number of rotatable bonds is 47. The van der Waals surface area contributed by atoms with Gasteiger partial charge in [-0.1, -0.05) is 32.0 Å². The van der Waals surface area contributed by atoms with Gasteiger partial charge in [-0.25, -0.2) is 0 Å². The maximum Gasteiger partial charge on any atom is 0.260 e. The Balaban J connectivity index is 0.534. The average Bonchev–Trinajstić information content (AvgIpc) is 1.62. The first-order chi connectivity index (χ1) is 52.5. The summed E-state index contributed by atoms with van der Waals surface area (Å²) in [6, 6.07) is 17.1. The van der Waals surface area contributed by atoms with Gasteiger partial charge in [0.15, 0.2) is 46.1 Å². The van der Waals surface area contributed by atoms with Crippen molar-refractivity contribution >= 4 is 87.6 Å². The fourth-order valence-electron chi connectivity index (χ4n) is 12.3. The summed E-state index contributed by atoms with van der Waals surface area (Å²) in [6.07, 6.45) is 12.4. The van der Waals surface area contributed by atoms with Crippen molar-refractivity contribution in [1.82, 2.24) is 25.8 Å². The summed E-state index contributed by atoms with van der Waals surface area (Å²) in [5.41, 5.74) is 5.77. The zero-order valence-corrected chi connectivity index (χ0v) is 61.6. The third kappa shape index (κ3) is 23.1. The van der Waals surface area contributed by atoms with Crippen LogP contribution in [0.25, 0.3) is 11.1 Å². The van der Waals surface area contributed by atoms with E-state index >= 15 is 0 Å². The normalized spacial score (nSPS) is 16.6. The lowest BCUT2D eigenvalue weighted by Gasteiger charge is -2.24. The minimum absolute atomic E-state index is 0.0118. The minimum atomic E-state index is -0.945. The number of hydrogen-bond acceptors (Lipinski definition) is 24. The number of nitrogens with one attached hydrogen (secondary N) is 4. The number of ketones is 2. The molecule has 6 aliphatic rings. The van der Waals surface area contributed by atoms with Gasteiger partial charge < -0.3 is 97.4 Å². The van der Waals surface area contributed by atoms with E-state index in [1.54, 1.807) is 79.4 Å². The van der Waals surface area contributed by atoms with Crippen LogP contribution in [0.4, 0.5) is 17.1 Å². The predicted octanol–water partition coefficient (Wildman–Crippen LogP) is 6.94. The van der Waals surface area contributed by atoms with E-state index < -0.39 is 29.8 Å². The van der Waals surface area contributed by atoms with E-state index in [1.807, 2.05) is 42.7 Å². The van der Waals surface area contributed by atoms with E-state index in [0.29, 0.717) is 194 Å². The van der Waals surface area contributed by atoms with Crippen molar-refractivity contribution in [3.05, 3.63) is 114 Å². The summed E-state index contributed by atoms with van der Waals surface area (Å²) in [7, 11) is 3.02. The van der Waals surface area contributed by atoms with Crippen LogP contribution < -0.4 is 49.7 Å². The Morgan fingerprint density at radius 3 is 1.50 bits per heavy atom. The van der Waals surface area contributed by atoms with Crippen LogP contribution in [0.15, 0.2) is 101 Å². The molecule has 0 radical (unpaired) electrons. The second-order valence-corrected chi connectivity index (χ2v) is 26.2. The van der Waals surface area contributed by atoms with Gasteiger partial charge in [-0.2, -0.15) is 0 Å². The zero-order chi connectivity index (χ0) is 76.2. The lowest BCUT2D eigenvalue weighted by Crippen LogP contribution is -2.53. The van der Waals surface area contributed by atoms with E-state index in [-0.39, 0.29) is 99.3 Å². The smallest absolute Gasteiger partial charge is 0.260 e. The molecule has 0 fully saturated rings. The molecule has 4 atom stereocenters. The Bertz CT molecular complexity index is 3930. The highest BCUT2D eigenvalue weighted by atomic mass is 16.7. The number of fused-ring (bicyclic) bond motifs is 5. The summed E-state index contributed by atoms with van der Waals surface area (Å²) in [4.78, 5) is 116. The Kier molecular flexibility index (Phi) is 30.9. The Hall–Kier alpha value is -9.92. The van der Waals surface area contributed by atoms with E-state index in [0.717, 1.165) is 22.3 Å². The van der Waals surface area contributed by atoms with Crippen LogP contribution >= 0.6 is 0 Å². The minimum Gasteiger partial charge on any atom is -0.493 e. The van der Waals surface area contributed by atoms with Crippen molar-refractivity contribution in [3.63, 3.8) is 0 Å². The van der Waals surface area contributed by atoms with Gasteiger partial charge in [0.1, 0.15) is 12.1 Å². The summed E-state index contributed by atoms with van der Waals surface area (Å²) >= 11 is 0. The van der Waals surface area contributed by atoms with Crippen molar-refractivity contribution in [3.8, 4) is 34.5 Å². The first-order valence-electron chi connectivity index (χ1n) is 36.5. The molecule has 5 aliphatic heterocycles. The lowest BCUT2D eigenvalue weighted by atomic mass is 9.98. The number of carbonyl (C=O) groups excluding carboxylic acids is 8. The first-order valence-corrected chi connectivity index (χ1v) is 36.5. The number of aliphatic imine (C=N–C) groups is 2. The van der Waals surface area contributed by atoms with Gasteiger partial charge in [0, 0.05) is 81.3 Å². The van der Waals surface area contributed by atoms with Crippen molar-refractivity contribution < 1.29 is 105 Å². The molecule has 4 N–H and O–H groups in total. The molecule has 10 rings (SSSR count). The molecule has 580 valence electrons. The lowest BCUT2D eigenvalue weighted by molar-refractivity contribution is -0.132. The van der Waals surface area contributed by atoms with Gasteiger partial charge in [-0.3, -0.25) is 48.3 Å². The van der Waals surface area contributed by atoms with Crippen LogP contribution in [0, 0.1) is 11.8 Å². The number of methoxy groups -OCH3 is 2. The number of carbonyl (C=O) groups is 8. The van der Waals surface area contributed by atoms with Gasteiger partial charge in [-0.15, -0.1) is 0 Å². The predicted molar refractivity (Wildman–Crippen MR) is 396 cm³/mol. The summed E-state index contributed by atoms with van der Waals surface area (Å²) < 4.78 is 79.0. The Labute approximate surface area is 627 Å². The molecule has 108 heavy (non-hydrogen) atoms. The molecule has 0 saturated heterocycles. The number of anilines is 1. The van der Waals surface area contributed by atoms with E-state index in [1.165, 1.54) is 26.4 Å². The molecule has 0 spiro atoms. The van der Waals surface area contributed by atoms with Gasteiger partial charge in [0.05, 0.1) is 174 Å². The topological polar surface area (TPSA) is 345 Å². The maximum absolute atomic E-state index is 14.2. The largest absolute Gasteiger partial charge is 0.493 e. The second-order valence-electron chi connectivity index (χ2n) is 26.2. The number of allylic oxidation sites excluding steroid dienone is 2. The standard InChI is InChI=1S/C78H96N8O22/c1-50(2)74(84-73(90)18-22-97-24-26-99-28-30-101-32-34-103-36-37-104-35-33-102-31-29-100-27-25-98-23-19-79-72(89)9-6-8-59-64(87)15-16-65(59)88)76(92)82-51(3)75(91)83-56-13-10-52(11-14-56)54-38-57-45-80-62-43-70(67(95-4)41-60(62)77(93)85(57)47-54)105-20-7-21-106-71-44-63-61(42-68(71)96-5)78(94)86-48-55(39-58(86)46-81-63)53-12-17-66-69(40-53)108-49-107-66/h10-17,40-48,50-51,57-59,74H,6-9,18-39,49H2,1-5H3,(H,79,89)(H,82,92)(H,83,91)(H,84,90)/t51-,57-,58-,74?/m0/s1. The number of ether oxygens (including phenoxy) is 14. The van der Waals surface area contributed by atoms with E-state index in [9.17, 15) is 38.4 Å². The third-order valence-electron chi connectivity index (χ3n) is 18.2. The molecule has 4 aromatic rings. The first kappa shape index (κ1) is 80.6. The van der Waals surface area contributed by atoms with Crippen molar-refractivity contribution in [2.24, 2.45) is 21.8 Å². The fourth-order valence-corrected chi connectivity index (χ4v) is 12.3.